The van der Waals surface area contributed by atoms with Crippen LogP contribution in [0.2, 0.25) is 0 Å². The first-order chi connectivity index (χ1) is 8.54. The van der Waals surface area contributed by atoms with Crippen LogP contribution in [0.25, 0.3) is 0 Å². The molecule has 0 spiro atoms. The molecule has 5 heteroatoms. The molecule has 2 amide bonds. The van der Waals surface area contributed by atoms with Gasteiger partial charge in [-0.3, -0.25) is 4.79 Å². The summed E-state index contributed by atoms with van der Waals surface area (Å²) in [6, 6.07) is 0.0626. The summed E-state index contributed by atoms with van der Waals surface area (Å²) in [6.07, 6.45) is 5.61. The van der Waals surface area contributed by atoms with E-state index in [-0.39, 0.29) is 24.0 Å². The second kappa shape index (κ2) is 5.59. The monoisotopic (exact) mass is 254 g/mol. The summed E-state index contributed by atoms with van der Waals surface area (Å²) in [7, 11) is 0. The Hall–Kier alpha value is -1.26. The van der Waals surface area contributed by atoms with Crippen molar-refractivity contribution >= 4 is 12.0 Å². The Morgan fingerprint density at radius 2 is 2.00 bits per heavy atom. The summed E-state index contributed by atoms with van der Waals surface area (Å²) in [5.74, 6) is -0.246. The van der Waals surface area contributed by atoms with Crippen LogP contribution in [0.3, 0.4) is 0 Å². The molecule has 18 heavy (non-hydrogen) atoms. The van der Waals surface area contributed by atoms with E-state index < -0.39 is 5.97 Å². The molecule has 1 unspecified atom stereocenters. The van der Waals surface area contributed by atoms with Crippen LogP contribution < -0.4 is 10.6 Å². The van der Waals surface area contributed by atoms with Crippen molar-refractivity contribution < 1.29 is 14.7 Å². The molecule has 0 aromatic heterocycles. The molecule has 2 saturated carbocycles. The fourth-order valence-electron chi connectivity index (χ4n) is 2.70. The highest BCUT2D eigenvalue weighted by Gasteiger charge is 2.31. The molecule has 2 aliphatic rings. The van der Waals surface area contributed by atoms with E-state index in [9.17, 15) is 9.59 Å². The lowest BCUT2D eigenvalue weighted by atomic mass is 10.1. The predicted octanol–water partition coefficient (Wildman–Crippen LogP) is 1.73. The van der Waals surface area contributed by atoms with Gasteiger partial charge < -0.3 is 15.7 Å². The quantitative estimate of drug-likeness (QED) is 0.699. The van der Waals surface area contributed by atoms with E-state index in [1.807, 2.05) is 6.92 Å². The molecular weight excluding hydrogens is 232 g/mol. The normalized spacial score (nSPS) is 28.7. The number of hydrogen-bond acceptors (Lipinski definition) is 2. The van der Waals surface area contributed by atoms with Crippen LogP contribution in [0, 0.1) is 11.8 Å². The zero-order valence-corrected chi connectivity index (χ0v) is 10.8. The summed E-state index contributed by atoms with van der Waals surface area (Å²) < 4.78 is 0. The number of amides is 2. The van der Waals surface area contributed by atoms with Crippen molar-refractivity contribution in [3.05, 3.63) is 0 Å². The fraction of sp³-hybridized carbons (Fsp3) is 0.846. The van der Waals surface area contributed by atoms with Gasteiger partial charge in [-0.2, -0.15) is 0 Å². The second-order valence-corrected chi connectivity index (χ2v) is 5.74. The van der Waals surface area contributed by atoms with Gasteiger partial charge in [0.1, 0.15) is 0 Å². The highest BCUT2D eigenvalue weighted by atomic mass is 16.4. The SMILES string of the molecule is CC(CC1CC1)NC(=O)N[C@H]1CC[C@@H](C(=O)O)C1. The zero-order valence-electron chi connectivity index (χ0n) is 10.8. The van der Waals surface area contributed by atoms with Gasteiger partial charge in [0.05, 0.1) is 5.92 Å². The Labute approximate surface area is 107 Å². The number of aliphatic carboxylic acids is 1. The van der Waals surface area contributed by atoms with Crippen LogP contribution in [0.15, 0.2) is 0 Å². The van der Waals surface area contributed by atoms with E-state index >= 15 is 0 Å². The standard InChI is InChI=1S/C13H22N2O3/c1-8(6-9-2-3-9)14-13(18)15-11-5-4-10(7-11)12(16)17/h8-11H,2-7H2,1H3,(H,16,17)(H2,14,15,18)/t8?,10-,11+/m1/s1. The van der Waals surface area contributed by atoms with Crippen LogP contribution in [0.5, 0.6) is 0 Å². The van der Waals surface area contributed by atoms with Gasteiger partial charge in [-0.15, -0.1) is 0 Å². The van der Waals surface area contributed by atoms with Gasteiger partial charge in [-0.05, 0) is 38.5 Å². The molecule has 0 radical (unpaired) electrons. The zero-order chi connectivity index (χ0) is 13.1. The highest BCUT2D eigenvalue weighted by Crippen LogP contribution is 2.33. The third kappa shape index (κ3) is 3.89. The number of hydrogen-bond donors (Lipinski definition) is 3. The first-order valence-corrected chi connectivity index (χ1v) is 6.84. The summed E-state index contributed by atoms with van der Waals surface area (Å²) in [5, 5.41) is 14.7. The molecule has 102 valence electrons. The van der Waals surface area contributed by atoms with Gasteiger partial charge in [0.25, 0.3) is 0 Å². The molecule has 2 aliphatic carbocycles. The number of carbonyl (C=O) groups excluding carboxylic acids is 1. The van der Waals surface area contributed by atoms with Gasteiger partial charge in [0, 0.05) is 12.1 Å². The molecule has 0 aromatic carbocycles. The molecule has 3 atom stereocenters. The summed E-state index contributed by atoms with van der Waals surface area (Å²) >= 11 is 0. The number of carbonyl (C=O) groups is 2. The van der Waals surface area contributed by atoms with Crippen molar-refractivity contribution in [1.82, 2.24) is 10.6 Å². The van der Waals surface area contributed by atoms with E-state index in [1.165, 1.54) is 12.8 Å². The largest absolute Gasteiger partial charge is 0.481 e. The summed E-state index contributed by atoms with van der Waals surface area (Å²) in [4.78, 5) is 22.5. The Morgan fingerprint density at radius 3 is 2.56 bits per heavy atom. The smallest absolute Gasteiger partial charge is 0.315 e. The topological polar surface area (TPSA) is 78.4 Å². The summed E-state index contributed by atoms with van der Waals surface area (Å²) in [6.45, 7) is 2.02. The molecule has 2 rings (SSSR count). The lowest BCUT2D eigenvalue weighted by Crippen LogP contribution is -2.44. The minimum Gasteiger partial charge on any atom is -0.481 e. The molecule has 0 aliphatic heterocycles. The number of carboxylic acid groups (broad SMARTS) is 1. The number of carboxylic acids is 1. The minimum absolute atomic E-state index is 0.0132. The first-order valence-electron chi connectivity index (χ1n) is 6.84. The van der Waals surface area contributed by atoms with Crippen LogP contribution in [-0.2, 0) is 4.79 Å². The lowest BCUT2D eigenvalue weighted by molar-refractivity contribution is -0.141. The molecule has 2 fully saturated rings. The van der Waals surface area contributed by atoms with E-state index in [4.69, 9.17) is 5.11 Å². The Bertz CT molecular complexity index is 328. The van der Waals surface area contributed by atoms with Gasteiger partial charge >= 0.3 is 12.0 Å². The number of nitrogens with one attached hydrogen (secondary N) is 2. The third-order valence-corrected chi connectivity index (χ3v) is 3.88. The van der Waals surface area contributed by atoms with E-state index in [0.717, 1.165) is 18.8 Å². The van der Waals surface area contributed by atoms with Crippen molar-refractivity contribution in [1.29, 1.82) is 0 Å². The van der Waals surface area contributed by atoms with E-state index in [2.05, 4.69) is 10.6 Å². The Balaban J connectivity index is 1.66. The van der Waals surface area contributed by atoms with Crippen molar-refractivity contribution in [3.8, 4) is 0 Å². The lowest BCUT2D eigenvalue weighted by Gasteiger charge is -2.17. The number of rotatable bonds is 5. The van der Waals surface area contributed by atoms with Gasteiger partial charge in [0.15, 0.2) is 0 Å². The molecule has 0 heterocycles. The maximum Gasteiger partial charge on any atom is 0.315 e. The fourth-order valence-corrected chi connectivity index (χ4v) is 2.70. The first kappa shape index (κ1) is 13.2. The van der Waals surface area contributed by atoms with E-state index in [0.29, 0.717) is 12.8 Å². The second-order valence-electron chi connectivity index (χ2n) is 5.74. The van der Waals surface area contributed by atoms with Crippen molar-refractivity contribution in [2.75, 3.05) is 0 Å². The van der Waals surface area contributed by atoms with Crippen molar-refractivity contribution in [3.63, 3.8) is 0 Å². The predicted molar refractivity (Wildman–Crippen MR) is 67.2 cm³/mol. The van der Waals surface area contributed by atoms with E-state index in [1.54, 1.807) is 0 Å². The molecule has 0 saturated heterocycles. The van der Waals surface area contributed by atoms with Crippen LogP contribution in [-0.4, -0.2) is 29.2 Å². The van der Waals surface area contributed by atoms with Crippen LogP contribution in [0.1, 0.15) is 45.4 Å². The van der Waals surface area contributed by atoms with Gasteiger partial charge in [-0.1, -0.05) is 12.8 Å². The Kier molecular flexibility index (Phi) is 4.09. The number of urea groups is 1. The molecule has 0 bridgehead atoms. The average molecular weight is 254 g/mol. The van der Waals surface area contributed by atoms with Crippen molar-refractivity contribution in [2.24, 2.45) is 11.8 Å². The van der Waals surface area contributed by atoms with Gasteiger partial charge in [0.2, 0.25) is 0 Å². The maximum absolute atomic E-state index is 11.7. The van der Waals surface area contributed by atoms with Crippen LogP contribution >= 0.6 is 0 Å². The summed E-state index contributed by atoms with van der Waals surface area (Å²) in [5.41, 5.74) is 0. The van der Waals surface area contributed by atoms with Crippen molar-refractivity contribution in [2.45, 2.75) is 57.5 Å². The average Bonchev–Trinajstić information content (AvgIpc) is 2.93. The Morgan fingerprint density at radius 1 is 1.28 bits per heavy atom. The molecule has 5 nitrogen and oxygen atoms in total. The van der Waals surface area contributed by atoms with Gasteiger partial charge in [-0.25, -0.2) is 4.79 Å². The highest BCUT2D eigenvalue weighted by molar-refractivity contribution is 5.75. The molecule has 0 aromatic rings. The minimum atomic E-state index is -0.748. The molecule has 3 N–H and O–H groups in total. The maximum atomic E-state index is 11.7. The molecular formula is C13H22N2O3. The third-order valence-electron chi connectivity index (χ3n) is 3.88. The van der Waals surface area contributed by atoms with Crippen LogP contribution in [0.4, 0.5) is 4.79 Å².